The van der Waals surface area contributed by atoms with E-state index >= 15 is 0 Å². The molecule has 0 spiro atoms. The summed E-state index contributed by atoms with van der Waals surface area (Å²) in [6.07, 6.45) is -0.371. The number of thiophene rings is 1. The summed E-state index contributed by atoms with van der Waals surface area (Å²) in [7, 11) is 0. The topological polar surface area (TPSA) is 41.7 Å². The molecule has 2 aromatic heterocycles. The summed E-state index contributed by atoms with van der Waals surface area (Å²) < 4.78 is 4.96. The molecule has 5 heteroatoms. The molecule has 4 nitrogen and oxygen atoms in total. The number of fused-ring (bicyclic) bond motifs is 9. The van der Waals surface area contributed by atoms with E-state index in [2.05, 4.69) is 216 Å². The van der Waals surface area contributed by atoms with Crippen LogP contribution < -0.4 is 5.32 Å². The molecule has 0 saturated heterocycles. The average molecular weight is 809 g/mol. The molecule has 1 aliphatic heterocycles. The predicted octanol–water partition coefficient (Wildman–Crippen LogP) is 14.8. The van der Waals surface area contributed by atoms with Gasteiger partial charge in [0.05, 0.1) is 11.0 Å². The molecular weight excluding hydrogens is 773 g/mol. The summed E-state index contributed by atoms with van der Waals surface area (Å²) in [5.74, 6) is 1.48. The van der Waals surface area contributed by atoms with Crippen molar-refractivity contribution in [3.8, 4) is 16.8 Å². The van der Waals surface area contributed by atoms with Gasteiger partial charge in [0.2, 0.25) is 0 Å². The molecule has 0 saturated carbocycles. The molecule has 10 aromatic carbocycles. The van der Waals surface area contributed by atoms with Crippen molar-refractivity contribution in [3.63, 3.8) is 0 Å². The van der Waals surface area contributed by atoms with Crippen molar-refractivity contribution >= 4 is 97.3 Å². The Hall–Kier alpha value is -7.86. The van der Waals surface area contributed by atoms with Crippen molar-refractivity contribution in [1.29, 1.82) is 0 Å². The maximum Gasteiger partial charge on any atom is 0.160 e. The summed E-state index contributed by atoms with van der Waals surface area (Å²) >= 11 is 1.84. The normalized spacial score (nSPS) is 14.3. The third-order valence-electron chi connectivity index (χ3n) is 12.6. The van der Waals surface area contributed by atoms with Crippen molar-refractivity contribution in [2.24, 2.45) is 9.98 Å². The highest BCUT2D eigenvalue weighted by Gasteiger charge is 2.25. The van der Waals surface area contributed by atoms with Crippen molar-refractivity contribution in [1.82, 2.24) is 9.88 Å². The molecule has 13 rings (SSSR count). The first-order chi connectivity index (χ1) is 30.7. The third kappa shape index (κ3) is 5.59. The van der Waals surface area contributed by atoms with Crippen LogP contribution in [0.4, 0.5) is 0 Å². The van der Waals surface area contributed by atoms with Gasteiger partial charge in [0.25, 0.3) is 0 Å². The van der Waals surface area contributed by atoms with Crippen LogP contribution >= 0.6 is 11.3 Å². The SMILES string of the molecule is c1ccc2cc(C3=NC(c4ccc(-n5c6ccccc6c6cc7ccccc7cc65)cc4-c4cccc5sc6ccccc6c45)=NC(c4ccc5ccccc5c4)N3)ccc2c1. The number of rotatable bonds is 5. The number of amidine groups is 2. The van der Waals surface area contributed by atoms with Crippen LogP contribution in [0.3, 0.4) is 0 Å². The molecule has 1 unspecified atom stereocenters. The van der Waals surface area contributed by atoms with Gasteiger partial charge < -0.3 is 9.88 Å². The molecule has 62 heavy (non-hydrogen) atoms. The summed E-state index contributed by atoms with van der Waals surface area (Å²) in [5, 5.41) is 15.9. The quantitative estimate of drug-likeness (QED) is 0.185. The Morgan fingerprint density at radius 3 is 1.92 bits per heavy atom. The fourth-order valence-corrected chi connectivity index (χ4v) is 10.8. The van der Waals surface area contributed by atoms with E-state index in [1.165, 1.54) is 74.3 Å². The lowest BCUT2D eigenvalue weighted by Crippen LogP contribution is -2.33. The number of benzene rings is 10. The van der Waals surface area contributed by atoms with Gasteiger partial charge in [-0.25, -0.2) is 9.98 Å². The van der Waals surface area contributed by atoms with Crippen LogP contribution in [-0.2, 0) is 0 Å². The van der Waals surface area contributed by atoms with E-state index in [0.717, 1.165) is 39.3 Å². The summed E-state index contributed by atoms with van der Waals surface area (Å²) in [6, 6.07) is 74.7. The van der Waals surface area contributed by atoms with E-state index in [0.29, 0.717) is 5.84 Å². The Bertz CT molecular complexity index is 3870. The van der Waals surface area contributed by atoms with Crippen molar-refractivity contribution in [2.75, 3.05) is 0 Å². The molecule has 0 amide bonds. The lowest BCUT2D eigenvalue weighted by Gasteiger charge is -2.25. The summed E-state index contributed by atoms with van der Waals surface area (Å²) in [5.41, 5.74) is 8.75. The lowest BCUT2D eigenvalue weighted by molar-refractivity contribution is 0.675. The molecule has 12 aromatic rings. The fraction of sp³-hybridized carbons (Fsp3) is 0.0175. The Kier molecular flexibility index (Phi) is 7.81. The minimum Gasteiger partial charge on any atom is -0.344 e. The van der Waals surface area contributed by atoms with Crippen LogP contribution in [-0.4, -0.2) is 16.2 Å². The molecule has 290 valence electrons. The van der Waals surface area contributed by atoms with Gasteiger partial charge in [0, 0.05) is 47.8 Å². The molecule has 3 heterocycles. The second-order valence-corrected chi connectivity index (χ2v) is 17.3. The van der Waals surface area contributed by atoms with Crippen LogP contribution in [0.1, 0.15) is 22.9 Å². The van der Waals surface area contributed by atoms with Gasteiger partial charge in [-0.1, -0.05) is 146 Å². The van der Waals surface area contributed by atoms with E-state index in [1.54, 1.807) is 0 Å². The minimum atomic E-state index is -0.371. The van der Waals surface area contributed by atoms with Crippen LogP contribution in [0.25, 0.3) is 91.1 Å². The highest BCUT2D eigenvalue weighted by Crippen LogP contribution is 2.43. The first-order valence-electron chi connectivity index (χ1n) is 21.1. The van der Waals surface area contributed by atoms with E-state index in [9.17, 15) is 0 Å². The smallest absolute Gasteiger partial charge is 0.160 e. The first-order valence-corrected chi connectivity index (χ1v) is 21.9. The molecule has 1 atom stereocenters. The largest absolute Gasteiger partial charge is 0.344 e. The zero-order valence-corrected chi connectivity index (χ0v) is 34.3. The molecule has 0 aliphatic carbocycles. The molecular formula is C57H36N4S. The second-order valence-electron chi connectivity index (χ2n) is 16.2. The van der Waals surface area contributed by atoms with Gasteiger partial charge >= 0.3 is 0 Å². The summed E-state index contributed by atoms with van der Waals surface area (Å²) in [4.78, 5) is 11.0. The second kappa shape index (κ2) is 13.8. The van der Waals surface area contributed by atoms with E-state index < -0.39 is 0 Å². The van der Waals surface area contributed by atoms with Crippen molar-refractivity contribution < 1.29 is 0 Å². The lowest BCUT2D eigenvalue weighted by atomic mass is 9.93. The highest BCUT2D eigenvalue weighted by atomic mass is 32.1. The van der Waals surface area contributed by atoms with E-state index in [-0.39, 0.29) is 6.17 Å². The highest BCUT2D eigenvalue weighted by molar-refractivity contribution is 7.25. The van der Waals surface area contributed by atoms with Gasteiger partial charge in [-0.3, -0.25) is 0 Å². The van der Waals surface area contributed by atoms with Gasteiger partial charge in [0.15, 0.2) is 5.84 Å². The van der Waals surface area contributed by atoms with Gasteiger partial charge in [0.1, 0.15) is 12.0 Å². The molecule has 0 bridgehead atoms. The number of aliphatic imine (C=N–C) groups is 2. The van der Waals surface area contributed by atoms with Gasteiger partial charge in [-0.05, 0) is 110 Å². The maximum absolute atomic E-state index is 5.52. The van der Waals surface area contributed by atoms with E-state index in [1.807, 2.05) is 11.3 Å². The Labute approximate surface area is 361 Å². The monoisotopic (exact) mass is 808 g/mol. The van der Waals surface area contributed by atoms with Crippen molar-refractivity contribution in [3.05, 3.63) is 223 Å². The predicted molar refractivity (Wildman–Crippen MR) is 263 cm³/mol. The summed E-state index contributed by atoms with van der Waals surface area (Å²) in [6.45, 7) is 0. The standard InChI is InChI=1S/C57H36N4S/c1-3-14-37-30-41(26-24-35(37)12-1)55-58-56(42-27-25-36-13-2-4-15-38(36)31-42)60-57(59-55)46-29-28-43(34-48(46)45-20-11-23-53-54(45)47-19-8-10-22-52(47)62-53)61-50-21-9-7-18-44(50)49-32-39-16-5-6-17-40(39)33-51(49)61/h1-34,55H,(H,58,59,60). The Balaban J connectivity index is 1.09. The number of para-hydroxylation sites is 1. The third-order valence-corrected chi connectivity index (χ3v) is 13.7. The maximum atomic E-state index is 5.52. The number of nitrogens with zero attached hydrogens (tertiary/aromatic N) is 3. The molecule has 1 N–H and O–H groups in total. The first kappa shape index (κ1) is 34.9. The number of aromatic nitrogens is 1. The van der Waals surface area contributed by atoms with Gasteiger partial charge in [-0.2, -0.15) is 0 Å². The van der Waals surface area contributed by atoms with E-state index in [4.69, 9.17) is 9.98 Å². The van der Waals surface area contributed by atoms with Crippen LogP contribution in [0, 0.1) is 0 Å². The number of hydrogen-bond acceptors (Lipinski definition) is 4. The molecule has 0 radical (unpaired) electrons. The van der Waals surface area contributed by atoms with Crippen LogP contribution in [0.2, 0.25) is 0 Å². The molecule has 1 aliphatic rings. The molecule has 0 fully saturated rings. The van der Waals surface area contributed by atoms with Gasteiger partial charge in [-0.15, -0.1) is 11.3 Å². The van der Waals surface area contributed by atoms with Crippen LogP contribution in [0.15, 0.2) is 216 Å². The number of nitrogens with one attached hydrogen (secondary N) is 1. The Morgan fingerprint density at radius 1 is 0.435 bits per heavy atom. The fourth-order valence-electron chi connectivity index (χ4n) is 9.62. The Morgan fingerprint density at radius 2 is 1.10 bits per heavy atom. The average Bonchev–Trinajstić information content (AvgIpc) is 3.88. The number of hydrogen-bond donors (Lipinski definition) is 1. The zero-order chi connectivity index (χ0) is 40.7. The minimum absolute atomic E-state index is 0.371. The van der Waals surface area contributed by atoms with Crippen molar-refractivity contribution in [2.45, 2.75) is 6.17 Å². The zero-order valence-electron chi connectivity index (χ0n) is 33.5. The van der Waals surface area contributed by atoms with Crippen LogP contribution in [0.5, 0.6) is 0 Å².